The van der Waals surface area contributed by atoms with Gasteiger partial charge >= 0.3 is 12.1 Å². The highest BCUT2D eigenvalue weighted by atomic mass is 16.8. The molecule has 2 fully saturated rings. The number of esters is 1. The van der Waals surface area contributed by atoms with Crippen LogP contribution < -0.4 is 0 Å². The average Bonchev–Trinajstić information content (AvgIpc) is 3.37. The summed E-state index contributed by atoms with van der Waals surface area (Å²) in [6, 6.07) is 10.6. The summed E-state index contributed by atoms with van der Waals surface area (Å²) >= 11 is 0. The molecule has 178 valence electrons. The number of benzene rings is 1. The lowest BCUT2D eigenvalue weighted by Crippen LogP contribution is -2.33. The minimum atomic E-state index is -0.549. The molecular formula is C24H42NO6+. The summed E-state index contributed by atoms with van der Waals surface area (Å²) in [7, 11) is 6.60. The fourth-order valence-corrected chi connectivity index (χ4v) is 2.42. The summed E-state index contributed by atoms with van der Waals surface area (Å²) < 4.78 is 19.5. The summed E-state index contributed by atoms with van der Waals surface area (Å²) in [5, 5.41) is 0. The molecule has 1 unspecified atom stereocenters. The first-order valence-corrected chi connectivity index (χ1v) is 11.0. The third-order valence-corrected chi connectivity index (χ3v) is 3.86. The summed E-state index contributed by atoms with van der Waals surface area (Å²) in [6.45, 7) is 9.34. The smallest absolute Gasteiger partial charge is 0.466 e. The van der Waals surface area contributed by atoms with Crippen molar-refractivity contribution >= 4 is 12.1 Å². The number of hydrogen-bond donors (Lipinski definition) is 0. The molecule has 2 saturated heterocycles. The average molecular weight is 441 g/mol. The van der Waals surface area contributed by atoms with E-state index in [9.17, 15) is 9.59 Å². The number of unbranched alkanes of at least 4 members (excludes halogenated alkanes) is 1. The van der Waals surface area contributed by atoms with E-state index in [4.69, 9.17) is 4.74 Å². The molecule has 31 heavy (non-hydrogen) atoms. The van der Waals surface area contributed by atoms with Crippen molar-refractivity contribution in [1.82, 2.24) is 0 Å². The zero-order valence-corrected chi connectivity index (χ0v) is 20.2. The topological polar surface area (TPSA) is 71.1 Å². The lowest BCUT2D eigenvalue weighted by atomic mass is 10.2. The first-order valence-electron chi connectivity index (χ1n) is 11.0. The largest absolute Gasteiger partial charge is 0.508 e. The lowest BCUT2D eigenvalue weighted by Gasteiger charge is -2.23. The summed E-state index contributed by atoms with van der Waals surface area (Å²) in [6.07, 6.45) is 4.01. The molecule has 1 atom stereocenters. The lowest BCUT2D eigenvalue weighted by molar-refractivity contribution is -0.884. The van der Waals surface area contributed by atoms with Crippen LogP contribution in [-0.2, 0) is 30.3 Å². The van der Waals surface area contributed by atoms with Crippen LogP contribution in [0.2, 0.25) is 0 Å². The maximum absolute atomic E-state index is 10.1. The van der Waals surface area contributed by atoms with E-state index < -0.39 is 6.16 Å². The van der Waals surface area contributed by atoms with Crippen LogP contribution in [0, 0.1) is 0 Å². The van der Waals surface area contributed by atoms with Gasteiger partial charge in [0.15, 0.2) is 0 Å². The van der Waals surface area contributed by atoms with Crippen molar-refractivity contribution in [3.05, 3.63) is 35.9 Å². The number of carbonyl (C=O) groups excluding carboxylic acids is 2. The van der Waals surface area contributed by atoms with Gasteiger partial charge in [-0.15, -0.1) is 0 Å². The van der Waals surface area contributed by atoms with E-state index in [1.165, 1.54) is 25.3 Å². The van der Waals surface area contributed by atoms with Crippen LogP contribution in [0.25, 0.3) is 0 Å². The second-order valence-corrected chi connectivity index (χ2v) is 8.44. The number of ether oxygens (including phenoxy) is 4. The molecule has 0 saturated carbocycles. The number of cyclic esters (lactones) is 2. The zero-order chi connectivity index (χ0) is 23.5. The third-order valence-electron chi connectivity index (χ3n) is 3.86. The zero-order valence-electron chi connectivity index (χ0n) is 20.2. The molecule has 0 aliphatic carbocycles. The maximum atomic E-state index is 10.1. The van der Waals surface area contributed by atoms with Gasteiger partial charge in [-0.2, -0.15) is 0 Å². The molecule has 0 amide bonds. The van der Waals surface area contributed by atoms with Crippen LogP contribution in [0.15, 0.2) is 30.3 Å². The molecule has 1 aromatic rings. The van der Waals surface area contributed by atoms with Crippen LogP contribution in [-0.4, -0.2) is 70.3 Å². The molecule has 1 aromatic carbocycles. The Morgan fingerprint density at radius 1 is 1.13 bits per heavy atom. The minimum absolute atomic E-state index is 0.0486. The molecule has 0 radical (unpaired) electrons. The Kier molecular flexibility index (Phi) is 16.3. The van der Waals surface area contributed by atoms with Gasteiger partial charge in [-0.3, -0.25) is 4.79 Å². The molecule has 0 spiro atoms. The van der Waals surface area contributed by atoms with Gasteiger partial charge in [0.1, 0.15) is 19.3 Å². The highest BCUT2D eigenvalue weighted by molar-refractivity contribution is 5.65. The number of carbonyl (C=O) groups is 2. The molecule has 7 heteroatoms. The van der Waals surface area contributed by atoms with E-state index in [2.05, 4.69) is 72.6 Å². The van der Waals surface area contributed by atoms with Gasteiger partial charge in [0, 0.05) is 25.7 Å². The first-order chi connectivity index (χ1) is 14.6. The number of hydrogen-bond acceptors (Lipinski definition) is 6. The van der Waals surface area contributed by atoms with Crippen molar-refractivity contribution in [3.63, 3.8) is 0 Å². The van der Waals surface area contributed by atoms with Crippen LogP contribution in [0.5, 0.6) is 0 Å². The van der Waals surface area contributed by atoms with E-state index in [1.807, 2.05) is 0 Å². The van der Waals surface area contributed by atoms with Crippen LogP contribution >= 0.6 is 0 Å². The molecule has 2 heterocycles. The van der Waals surface area contributed by atoms with Gasteiger partial charge < -0.3 is 23.4 Å². The van der Waals surface area contributed by atoms with Gasteiger partial charge in [0.25, 0.3) is 0 Å². The fraction of sp³-hybridized carbons (Fsp3) is 0.667. The van der Waals surface area contributed by atoms with Crippen molar-refractivity contribution in [2.24, 2.45) is 0 Å². The summed E-state index contributed by atoms with van der Waals surface area (Å²) in [5.74, 6) is -0.182. The first kappa shape index (κ1) is 28.9. The van der Waals surface area contributed by atoms with Gasteiger partial charge in [-0.25, -0.2) is 4.79 Å². The van der Waals surface area contributed by atoms with E-state index in [0.717, 1.165) is 37.1 Å². The Labute approximate surface area is 188 Å². The van der Waals surface area contributed by atoms with Gasteiger partial charge in [0.2, 0.25) is 0 Å². The quantitative estimate of drug-likeness (QED) is 0.379. The predicted octanol–water partition coefficient (Wildman–Crippen LogP) is 4.58. The van der Waals surface area contributed by atoms with Crippen LogP contribution in [0.4, 0.5) is 4.79 Å². The molecule has 3 rings (SSSR count). The Morgan fingerprint density at radius 3 is 2.06 bits per heavy atom. The number of rotatable bonds is 5. The minimum Gasteiger partial charge on any atom is -0.466 e. The molecule has 0 N–H and O–H groups in total. The van der Waals surface area contributed by atoms with E-state index in [1.54, 1.807) is 6.92 Å². The van der Waals surface area contributed by atoms with E-state index in [-0.39, 0.29) is 12.1 Å². The molecule has 0 bridgehead atoms. The predicted molar refractivity (Wildman–Crippen MR) is 122 cm³/mol. The Bertz CT molecular complexity index is 574. The van der Waals surface area contributed by atoms with Crippen LogP contribution in [0.1, 0.15) is 52.0 Å². The maximum Gasteiger partial charge on any atom is 0.508 e. The molecule has 2 aliphatic rings. The monoisotopic (exact) mass is 440 g/mol. The normalized spacial score (nSPS) is 16.8. The molecule has 7 nitrogen and oxygen atoms in total. The Hall–Kier alpha value is -2.12. The van der Waals surface area contributed by atoms with Crippen molar-refractivity contribution in [1.29, 1.82) is 0 Å². The standard InChI is InChI=1S/C10H16N.C6H12O2.C4H6O3.C4H8O/c1-11(2,3)9-10-7-5-4-6-8-10;1-3-4-5-8-6(2)7;1-3-2-6-4(5)7-3;1-2-4-5-3-1/h4-8H,9H2,1-3H3;3-5H2,1-2H3;3H,2H2,1H3;1-4H2/q+1;;;. The third kappa shape index (κ3) is 20.9. The number of quaternary nitrogens is 1. The number of nitrogens with zero attached hydrogens (tertiary/aromatic N) is 1. The fourth-order valence-electron chi connectivity index (χ4n) is 2.42. The van der Waals surface area contributed by atoms with Crippen molar-refractivity contribution in [3.8, 4) is 0 Å². The second kappa shape index (κ2) is 17.5. The van der Waals surface area contributed by atoms with Gasteiger partial charge in [0.05, 0.1) is 27.7 Å². The highest BCUT2D eigenvalue weighted by Gasteiger charge is 2.19. The summed E-state index contributed by atoms with van der Waals surface area (Å²) in [4.78, 5) is 20.1. The van der Waals surface area contributed by atoms with Gasteiger partial charge in [-0.1, -0.05) is 43.7 Å². The van der Waals surface area contributed by atoms with Crippen molar-refractivity contribution in [2.75, 3.05) is 47.6 Å². The highest BCUT2D eigenvalue weighted by Crippen LogP contribution is 2.05. The molecule has 0 aromatic heterocycles. The van der Waals surface area contributed by atoms with E-state index in [0.29, 0.717) is 13.2 Å². The van der Waals surface area contributed by atoms with E-state index >= 15 is 0 Å². The van der Waals surface area contributed by atoms with Crippen LogP contribution in [0.3, 0.4) is 0 Å². The van der Waals surface area contributed by atoms with Gasteiger partial charge in [-0.05, 0) is 26.2 Å². The summed E-state index contributed by atoms with van der Waals surface area (Å²) in [5.41, 5.74) is 1.40. The second-order valence-electron chi connectivity index (χ2n) is 8.44. The Balaban J connectivity index is 0.000000401. The molecule has 2 aliphatic heterocycles. The molecular weight excluding hydrogens is 398 g/mol. The van der Waals surface area contributed by atoms with Crippen molar-refractivity contribution in [2.45, 2.75) is 59.1 Å². The Morgan fingerprint density at radius 2 is 1.74 bits per heavy atom. The SMILES string of the molecule is C1CCOC1.CC1COC(=O)O1.CCCCOC(C)=O.C[N+](C)(C)Cc1ccccc1. The van der Waals surface area contributed by atoms with Crippen molar-refractivity contribution < 1.29 is 33.0 Å².